The molecule has 2 aliphatic carbocycles. The second-order valence-corrected chi connectivity index (χ2v) is 6.64. The SMILES string of the molecule is Brc1ccc(OC2CCCCC2)cc1CNC1CC1. The lowest BCUT2D eigenvalue weighted by Crippen LogP contribution is -2.20. The maximum atomic E-state index is 6.12. The van der Waals surface area contributed by atoms with Gasteiger partial charge in [-0.25, -0.2) is 0 Å². The summed E-state index contributed by atoms with van der Waals surface area (Å²) in [5.74, 6) is 1.03. The predicted molar refractivity (Wildman–Crippen MR) is 81.5 cm³/mol. The highest BCUT2D eigenvalue weighted by molar-refractivity contribution is 9.10. The molecule has 0 radical (unpaired) electrons. The van der Waals surface area contributed by atoms with E-state index in [0.717, 1.165) is 18.3 Å². The van der Waals surface area contributed by atoms with Gasteiger partial charge >= 0.3 is 0 Å². The maximum absolute atomic E-state index is 6.12. The third kappa shape index (κ3) is 3.96. The van der Waals surface area contributed by atoms with Gasteiger partial charge in [0.05, 0.1) is 6.10 Å². The van der Waals surface area contributed by atoms with E-state index < -0.39 is 0 Å². The lowest BCUT2D eigenvalue weighted by molar-refractivity contribution is 0.155. The smallest absolute Gasteiger partial charge is 0.120 e. The Bertz CT molecular complexity index is 425. The molecule has 3 rings (SSSR count). The van der Waals surface area contributed by atoms with Crippen molar-refractivity contribution in [3.8, 4) is 5.75 Å². The molecular weight excluding hydrogens is 302 g/mol. The number of halogens is 1. The van der Waals surface area contributed by atoms with Crippen LogP contribution < -0.4 is 10.1 Å². The summed E-state index contributed by atoms with van der Waals surface area (Å²) in [6.45, 7) is 0.938. The van der Waals surface area contributed by atoms with Crippen molar-refractivity contribution in [3.63, 3.8) is 0 Å². The third-order valence-corrected chi connectivity index (χ3v) is 4.80. The Labute approximate surface area is 124 Å². The molecule has 104 valence electrons. The van der Waals surface area contributed by atoms with Crippen molar-refractivity contribution < 1.29 is 4.74 Å². The topological polar surface area (TPSA) is 21.3 Å². The molecule has 1 aromatic rings. The fraction of sp³-hybridized carbons (Fsp3) is 0.625. The van der Waals surface area contributed by atoms with Gasteiger partial charge in [-0.2, -0.15) is 0 Å². The fourth-order valence-corrected chi connectivity index (χ4v) is 3.06. The standard InChI is InChI=1S/C16H22BrNO/c17-16-9-8-15(19-14-4-2-1-3-5-14)10-12(16)11-18-13-6-7-13/h8-10,13-14,18H,1-7,11H2. The van der Waals surface area contributed by atoms with Crippen LogP contribution in [0.25, 0.3) is 0 Å². The molecule has 0 saturated heterocycles. The third-order valence-electron chi connectivity index (χ3n) is 4.03. The van der Waals surface area contributed by atoms with Crippen molar-refractivity contribution >= 4 is 15.9 Å². The Hall–Kier alpha value is -0.540. The molecular formula is C16H22BrNO. The van der Waals surface area contributed by atoms with E-state index >= 15 is 0 Å². The Kier molecular flexibility index (Phi) is 4.44. The normalized spacial score (nSPS) is 20.5. The summed E-state index contributed by atoms with van der Waals surface area (Å²) in [6.07, 6.45) is 9.52. The van der Waals surface area contributed by atoms with Gasteiger partial charge in [0.1, 0.15) is 5.75 Å². The van der Waals surface area contributed by atoms with Gasteiger partial charge in [0.15, 0.2) is 0 Å². The average molecular weight is 324 g/mol. The van der Waals surface area contributed by atoms with Gasteiger partial charge < -0.3 is 10.1 Å². The van der Waals surface area contributed by atoms with Crippen molar-refractivity contribution in [2.24, 2.45) is 0 Å². The molecule has 19 heavy (non-hydrogen) atoms. The minimum absolute atomic E-state index is 0.430. The lowest BCUT2D eigenvalue weighted by Gasteiger charge is -2.23. The Morgan fingerprint density at radius 2 is 1.89 bits per heavy atom. The lowest BCUT2D eigenvalue weighted by atomic mass is 9.98. The van der Waals surface area contributed by atoms with Crippen molar-refractivity contribution in [3.05, 3.63) is 28.2 Å². The highest BCUT2D eigenvalue weighted by Crippen LogP contribution is 2.28. The number of nitrogens with one attached hydrogen (secondary N) is 1. The summed E-state index contributed by atoms with van der Waals surface area (Å²) in [6, 6.07) is 7.13. The zero-order valence-electron chi connectivity index (χ0n) is 11.3. The van der Waals surface area contributed by atoms with Crippen LogP contribution in [-0.4, -0.2) is 12.1 Å². The summed E-state index contributed by atoms with van der Waals surface area (Å²) in [5.41, 5.74) is 1.31. The molecule has 0 bridgehead atoms. The summed E-state index contributed by atoms with van der Waals surface area (Å²) >= 11 is 3.63. The van der Waals surface area contributed by atoms with Gasteiger partial charge in [0.25, 0.3) is 0 Å². The minimum atomic E-state index is 0.430. The molecule has 3 heteroatoms. The molecule has 1 N–H and O–H groups in total. The van der Waals surface area contributed by atoms with Crippen LogP contribution in [0, 0.1) is 0 Å². The molecule has 2 fully saturated rings. The van der Waals surface area contributed by atoms with Crippen LogP contribution in [0.3, 0.4) is 0 Å². The molecule has 0 heterocycles. The quantitative estimate of drug-likeness (QED) is 0.866. The van der Waals surface area contributed by atoms with Gasteiger partial charge in [-0.1, -0.05) is 22.4 Å². The summed E-state index contributed by atoms with van der Waals surface area (Å²) in [7, 11) is 0. The van der Waals surface area contributed by atoms with E-state index in [9.17, 15) is 0 Å². The molecule has 0 unspecified atom stereocenters. The molecule has 0 aliphatic heterocycles. The number of hydrogen-bond donors (Lipinski definition) is 1. The van der Waals surface area contributed by atoms with Crippen LogP contribution >= 0.6 is 15.9 Å². The first-order valence-electron chi connectivity index (χ1n) is 7.50. The van der Waals surface area contributed by atoms with E-state index in [1.807, 2.05) is 0 Å². The van der Waals surface area contributed by atoms with E-state index in [1.165, 1.54) is 55.0 Å². The zero-order valence-corrected chi connectivity index (χ0v) is 12.9. The first-order chi connectivity index (χ1) is 9.31. The summed E-state index contributed by atoms with van der Waals surface area (Å²) < 4.78 is 7.30. The van der Waals surface area contributed by atoms with E-state index in [4.69, 9.17) is 4.74 Å². The van der Waals surface area contributed by atoms with Gasteiger partial charge in [-0.05, 0) is 62.3 Å². The van der Waals surface area contributed by atoms with Crippen molar-refractivity contribution in [1.29, 1.82) is 0 Å². The first-order valence-corrected chi connectivity index (χ1v) is 8.29. The molecule has 0 atom stereocenters. The molecule has 0 amide bonds. The van der Waals surface area contributed by atoms with Crippen LogP contribution in [0.5, 0.6) is 5.75 Å². The maximum Gasteiger partial charge on any atom is 0.120 e. The van der Waals surface area contributed by atoms with Crippen molar-refractivity contribution in [2.75, 3.05) is 0 Å². The molecule has 2 aliphatic rings. The van der Waals surface area contributed by atoms with Crippen LogP contribution in [0.2, 0.25) is 0 Å². The van der Waals surface area contributed by atoms with Gasteiger partial charge in [-0.3, -0.25) is 0 Å². The Morgan fingerprint density at radius 1 is 1.11 bits per heavy atom. The number of benzene rings is 1. The minimum Gasteiger partial charge on any atom is -0.490 e. The average Bonchev–Trinajstić information content (AvgIpc) is 3.25. The van der Waals surface area contributed by atoms with E-state index in [0.29, 0.717) is 6.10 Å². The van der Waals surface area contributed by atoms with E-state index in [1.54, 1.807) is 0 Å². The van der Waals surface area contributed by atoms with Gasteiger partial charge in [0, 0.05) is 17.1 Å². The summed E-state index contributed by atoms with van der Waals surface area (Å²) in [4.78, 5) is 0. The highest BCUT2D eigenvalue weighted by atomic mass is 79.9. The van der Waals surface area contributed by atoms with Crippen LogP contribution in [0.15, 0.2) is 22.7 Å². The highest BCUT2D eigenvalue weighted by Gasteiger charge is 2.20. The largest absolute Gasteiger partial charge is 0.490 e. The van der Waals surface area contributed by atoms with Crippen molar-refractivity contribution in [1.82, 2.24) is 5.32 Å². The number of hydrogen-bond acceptors (Lipinski definition) is 2. The predicted octanol–water partition coefficient (Wildman–Crippen LogP) is 4.41. The molecule has 0 spiro atoms. The van der Waals surface area contributed by atoms with Crippen molar-refractivity contribution in [2.45, 2.75) is 63.6 Å². The summed E-state index contributed by atoms with van der Waals surface area (Å²) in [5, 5.41) is 3.56. The molecule has 2 saturated carbocycles. The molecule has 2 nitrogen and oxygen atoms in total. The first kappa shape index (κ1) is 13.4. The van der Waals surface area contributed by atoms with Crippen LogP contribution in [0.1, 0.15) is 50.5 Å². The Balaban J connectivity index is 1.61. The second-order valence-electron chi connectivity index (χ2n) is 5.79. The molecule has 1 aromatic carbocycles. The van der Waals surface area contributed by atoms with Crippen LogP contribution in [-0.2, 0) is 6.54 Å². The number of ether oxygens (including phenoxy) is 1. The number of rotatable bonds is 5. The monoisotopic (exact) mass is 323 g/mol. The Morgan fingerprint density at radius 3 is 2.63 bits per heavy atom. The molecule has 0 aromatic heterocycles. The van der Waals surface area contributed by atoms with E-state index in [2.05, 4.69) is 39.4 Å². The van der Waals surface area contributed by atoms with Gasteiger partial charge in [0.2, 0.25) is 0 Å². The van der Waals surface area contributed by atoms with E-state index in [-0.39, 0.29) is 0 Å². The van der Waals surface area contributed by atoms with Crippen LogP contribution in [0.4, 0.5) is 0 Å². The fourth-order valence-electron chi connectivity index (χ4n) is 2.68. The zero-order chi connectivity index (χ0) is 13.1. The second kappa shape index (κ2) is 6.27. The van der Waals surface area contributed by atoms with Gasteiger partial charge in [-0.15, -0.1) is 0 Å².